The van der Waals surface area contributed by atoms with Gasteiger partial charge in [0, 0.05) is 16.9 Å². The Hall–Kier alpha value is -1.52. The maximum absolute atomic E-state index is 12.5. The van der Waals surface area contributed by atoms with Crippen molar-refractivity contribution in [2.45, 2.75) is 13.5 Å². The number of methoxy groups -OCH3 is 1. The molecule has 0 fully saturated rings. The van der Waals surface area contributed by atoms with Crippen LogP contribution in [0.2, 0.25) is 5.02 Å². The second-order valence-corrected chi connectivity index (χ2v) is 5.97. The Kier molecular flexibility index (Phi) is 4.68. The second-order valence-electron chi connectivity index (χ2n) is 4.53. The Balaban J connectivity index is 2.22. The van der Waals surface area contributed by atoms with Gasteiger partial charge < -0.3 is 9.64 Å². The summed E-state index contributed by atoms with van der Waals surface area (Å²) < 4.78 is 5.23. The molecular formula is C15H16ClNO2S. The van der Waals surface area contributed by atoms with Gasteiger partial charge in [0.2, 0.25) is 0 Å². The summed E-state index contributed by atoms with van der Waals surface area (Å²) in [5.74, 6) is 0.436. The molecule has 1 aromatic heterocycles. The lowest BCUT2D eigenvalue weighted by Gasteiger charge is -2.18. The van der Waals surface area contributed by atoms with Crippen LogP contribution in [0, 0.1) is 6.92 Å². The third kappa shape index (κ3) is 3.14. The van der Waals surface area contributed by atoms with Gasteiger partial charge in [-0.2, -0.15) is 0 Å². The van der Waals surface area contributed by atoms with E-state index >= 15 is 0 Å². The number of aryl methyl sites for hydroxylation is 1. The molecule has 2 aromatic rings. The molecule has 5 heteroatoms. The molecule has 0 saturated heterocycles. The normalized spacial score (nSPS) is 10.4. The maximum atomic E-state index is 12.5. The molecule has 3 nitrogen and oxygen atoms in total. The van der Waals surface area contributed by atoms with E-state index in [2.05, 4.69) is 6.07 Å². The standard InChI is InChI=1S/C15H16ClNO2S/c1-10-6-7-20-14(10)9-17(2)15(18)12-8-11(16)4-5-13(12)19-3/h4-8H,9H2,1-3H3. The zero-order valence-electron chi connectivity index (χ0n) is 11.6. The average molecular weight is 310 g/mol. The van der Waals surface area contributed by atoms with E-state index in [0.717, 1.165) is 0 Å². The highest BCUT2D eigenvalue weighted by Crippen LogP contribution is 2.25. The van der Waals surface area contributed by atoms with Crippen LogP contribution in [-0.2, 0) is 6.54 Å². The first-order valence-corrected chi connectivity index (χ1v) is 7.40. The van der Waals surface area contributed by atoms with Crippen LogP contribution >= 0.6 is 22.9 Å². The van der Waals surface area contributed by atoms with Crippen LogP contribution in [0.25, 0.3) is 0 Å². The number of nitrogens with zero attached hydrogens (tertiary/aromatic N) is 1. The SMILES string of the molecule is COc1ccc(Cl)cc1C(=O)N(C)Cc1sccc1C. The Labute approximate surface area is 127 Å². The molecule has 0 unspecified atom stereocenters. The Morgan fingerprint density at radius 2 is 2.15 bits per heavy atom. The molecule has 106 valence electrons. The zero-order valence-corrected chi connectivity index (χ0v) is 13.2. The van der Waals surface area contributed by atoms with Gasteiger partial charge in [-0.1, -0.05) is 11.6 Å². The first-order valence-electron chi connectivity index (χ1n) is 6.15. The van der Waals surface area contributed by atoms with E-state index in [4.69, 9.17) is 16.3 Å². The molecule has 0 atom stereocenters. The highest BCUT2D eigenvalue weighted by Gasteiger charge is 2.18. The summed E-state index contributed by atoms with van der Waals surface area (Å²) in [5, 5.41) is 2.55. The van der Waals surface area contributed by atoms with Crippen molar-refractivity contribution in [1.29, 1.82) is 0 Å². The number of benzene rings is 1. The molecule has 0 aliphatic heterocycles. The van der Waals surface area contributed by atoms with Crippen molar-refractivity contribution < 1.29 is 9.53 Å². The number of carbonyl (C=O) groups is 1. The number of ether oxygens (including phenoxy) is 1. The predicted octanol–water partition coefficient (Wildman–Crippen LogP) is 3.99. The van der Waals surface area contributed by atoms with Gasteiger partial charge in [-0.05, 0) is 42.1 Å². The molecule has 0 bridgehead atoms. The Morgan fingerprint density at radius 3 is 2.75 bits per heavy atom. The molecule has 20 heavy (non-hydrogen) atoms. The van der Waals surface area contributed by atoms with Crippen LogP contribution in [0.3, 0.4) is 0 Å². The molecule has 0 radical (unpaired) electrons. The first-order chi connectivity index (χ1) is 9.52. The molecule has 0 saturated carbocycles. The molecule has 1 heterocycles. The topological polar surface area (TPSA) is 29.5 Å². The fourth-order valence-electron chi connectivity index (χ4n) is 1.91. The highest BCUT2D eigenvalue weighted by atomic mass is 35.5. The van der Waals surface area contributed by atoms with Gasteiger partial charge in [0.05, 0.1) is 19.2 Å². The van der Waals surface area contributed by atoms with Crippen LogP contribution in [-0.4, -0.2) is 25.0 Å². The summed E-state index contributed by atoms with van der Waals surface area (Å²) >= 11 is 7.62. The van der Waals surface area contributed by atoms with Gasteiger partial charge in [-0.25, -0.2) is 0 Å². The quantitative estimate of drug-likeness (QED) is 0.854. The highest BCUT2D eigenvalue weighted by molar-refractivity contribution is 7.10. The lowest BCUT2D eigenvalue weighted by molar-refractivity contribution is 0.0783. The Bertz CT molecular complexity index is 624. The number of thiophene rings is 1. The summed E-state index contributed by atoms with van der Waals surface area (Å²) in [6.07, 6.45) is 0. The van der Waals surface area contributed by atoms with Gasteiger partial charge in [0.1, 0.15) is 5.75 Å². The minimum absolute atomic E-state index is 0.0999. The molecule has 1 amide bonds. The second kappa shape index (κ2) is 6.29. The van der Waals surface area contributed by atoms with Gasteiger partial charge in [0.25, 0.3) is 5.91 Å². The number of hydrogen-bond donors (Lipinski definition) is 0. The van der Waals surface area contributed by atoms with Crippen molar-refractivity contribution >= 4 is 28.8 Å². The van der Waals surface area contributed by atoms with Crippen LogP contribution in [0.4, 0.5) is 0 Å². The lowest BCUT2D eigenvalue weighted by Crippen LogP contribution is -2.26. The molecule has 0 aliphatic rings. The third-order valence-corrected chi connectivity index (χ3v) is 4.33. The van der Waals surface area contributed by atoms with Gasteiger partial charge in [-0.3, -0.25) is 4.79 Å². The van der Waals surface area contributed by atoms with E-state index in [1.165, 1.54) is 10.4 Å². The molecule has 2 rings (SSSR count). The van der Waals surface area contributed by atoms with Crippen LogP contribution < -0.4 is 4.74 Å². The number of halogens is 1. The van der Waals surface area contributed by atoms with Crippen LogP contribution in [0.15, 0.2) is 29.6 Å². The van der Waals surface area contributed by atoms with Crippen LogP contribution in [0.1, 0.15) is 20.8 Å². The van der Waals surface area contributed by atoms with E-state index in [0.29, 0.717) is 22.9 Å². The van der Waals surface area contributed by atoms with Crippen molar-refractivity contribution in [3.8, 4) is 5.75 Å². The van der Waals surface area contributed by atoms with Crippen molar-refractivity contribution in [2.75, 3.05) is 14.2 Å². The van der Waals surface area contributed by atoms with E-state index in [-0.39, 0.29) is 5.91 Å². The summed E-state index contributed by atoms with van der Waals surface area (Å²) in [6, 6.07) is 7.11. The number of rotatable bonds is 4. The van der Waals surface area contributed by atoms with Crippen molar-refractivity contribution in [1.82, 2.24) is 4.90 Å². The fourth-order valence-corrected chi connectivity index (χ4v) is 3.04. The van der Waals surface area contributed by atoms with Crippen molar-refractivity contribution in [3.63, 3.8) is 0 Å². The smallest absolute Gasteiger partial charge is 0.257 e. The summed E-state index contributed by atoms with van der Waals surface area (Å²) in [6.45, 7) is 2.63. The summed E-state index contributed by atoms with van der Waals surface area (Å²) in [5.41, 5.74) is 1.68. The average Bonchev–Trinajstić information content (AvgIpc) is 2.83. The van der Waals surface area contributed by atoms with Gasteiger partial charge >= 0.3 is 0 Å². The summed E-state index contributed by atoms with van der Waals surface area (Å²) in [4.78, 5) is 15.4. The maximum Gasteiger partial charge on any atom is 0.257 e. The number of amides is 1. The molecule has 0 N–H and O–H groups in total. The number of hydrogen-bond acceptors (Lipinski definition) is 3. The van der Waals surface area contributed by atoms with E-state index in [1.807, 2.05) is 12.3 Å². The van der Waals surface area contributed by atoms with Crippen LogP contribution in [0.5, 0.6) is 5.75 Å². The Morgan fingerprint density at radius 1 is 1.40 bits per heavy atom. The monoisotopic (exact) mass is 309 g/mol. The minimum atomic E-state index is -0.0999. The van der Waals surface area contributed by atoms with Gasteiger partial charge in [0.15, 0.2) is 0 Å². The van der Waals surface area contributed by atoms with E-state index in [1.54, 1.807) is 48.6 Å². The van der Waals surface area contributed by atoms with Crippen molar-refractivity contribution in [3.05, 3.63) is 50.7 Å². The molecule has 0 aliphatic carbocycles. The van der Waals surface area contributed by atoms with E-state index in [9.17, 15) is 4.79 Å². The predicted molar refractivity (Wildman–Crippen MR) is 82.9 cm³/mol. The number of carbonyl (C=O) groups excluding carboxylic acids is 1. The molecule has 1 aromatic carbocycles. The third-order valence-electron chi connectivity index (χ3n) is 3.09. The lowest BCUT2D eigenvalue weighted by atomic mass is 10.1. The minimum Gasteiger partial charge on any atom is -0.496 e. The van der Waals surface area contributed by atoms with Gasteiger partial charge in [-0.15, -0.1) is 11.3 Å². The largest absolute Gasteiger partial charge is 0.496 e. The van der Waals surface area contributed by atoms with Crippen molar-refractivity contribution in [2.24, 2.45) is 0 Å². The molecule has 0 spiro atoms. The first kappa shape index (κ1) is 14.9. The zero-order chi connectivity index (χ0) is 14.7. The van der Waals surface area contributed by atoms with E-state index < -0.39 is 0 Å². The summed E-state index contributed by atoms with van der Waals surface area (Å²) in [7, 11) is 3.32. The molecular weight excluding hydrogens is 294 g/mol. The fraction of sp³-hybridized carbons (Fsp3) is 0.267.